The van der Waals surface area contributed by atoms with Crippen LogP contribution in [0.4, 0.5) is 5.69 Å². The number of rotatable bonds is 12. The lowest BCUT2D eigenvalue weighted by molar-refractivity contribution is -0.139. The Morgan fingerprint density at radius 1 is 0.949 bits per heavy atom. The minimum absolute atomic E-state index is 0.0341. The first-order valence-corrected chi connectivity index (χ1v) is 15.4. The molecule has 2 amide bonds. The first-order valence-electron chi connectivity index (χ1n) is 12.4. The molecule has 0 aliphatic carbocycles. The second-order valence-electron chi connectivity index (χ2n) is 8.84. The normalized spacial score (nSPS) is 12.0. The second kappa shape index (κ2) is 14.2. The highest BCUT2D eigenvalue weighted by molar-refractivity contribution is 9.10. The molecule has 0 saturated carbocycles. The number of carbonyl (C=O) groups is 2. The van der Waals surface area contributed by atoms with Gasteiger partial charge in [-0.1, -0.05) is 76.7 Å². The molecule has 1 atom stereocenters. The largest absolute Gasteiger partial charge is 0.354 e. The number of nitrogens with one attached hydrogen (secondary N) is 1. The van der Waals surface area contributed by atoms with E-state index in [2.05, 4.69) is 21.2 Å². The van der Waals surface area contributed by atoms with Crippen LogP contribution in [-0.4, -0.2) is 44.3 Å². The molecule has 0 heterocycles. The van der Waals surface area contributed by atoms with Crippen molar-refractivity contribution in [3.05, 3.63) is 92.9 Å². The van der Waals surface area contributed by atoms with Gasteiger partial charge in [-0.15, -0.1) is 0 Å². The molecule has 3 rings (SSSR count). The van der Waals surface area contributed by atoms with Crippen LogP contribution in [0.2, 0.25) is 10.0 Å². The molecule has 0 fully saturated rings. The molecule has 39 heavy (non-hydrogen) atoms. The summed E-state index contributed by atoms with van der Waals surface area (Å²) in [6.07, 6.45) is 1.68. The van der Waals surface area contributed by atoms with Crippen molar-refractivity contribution in [2.24, 2.45) is 0 Å². The lowest BCUT2D eigenvalue weighted by Gasteiger charge is -2.32. The third-order valence-electron chi connectivity index (χ3n) is 6.11. The van der Waals surface area contributed by atoms with Gasteiger partial charge in [0.15, 0.2) is 0 Å². The highest BCUT2D eigenvalue weighted by Gasteiger charge is 2.33. The van der Waals surface area contributed by atoms with Crippen molar-refractivity contribution >= 4 is 66.7 Å². The Labute approximate surface area is 248 Å². The maximum Gasteiger partial charge on any atom is 0.264 e. The maximum atomic E-state index is 13.9. The molecule has 7 nitrogen and oxygen atoms in total. The first-order chi connectivity index (χ1) is 18.6. The Morgan fingerprint density at radius 3 is 2.15 bits per heavy atom. The van der Waals surface area contributed by atoms with Crippen molar-refractivity contribution in [1.29, 1.82) is 0 Å². The number of amides is 2. The lowest BCUT2D eigenvalue weighted by atomic mass is 10.1. The molecule has 0 bridgehead atoms. The van der Waals surface area contributed by atoms with Gasteiger partial charge in [-0.05, 0) is 61.9 Å². The number of carbonyl (C=O) groups excluding carboxylic acids is 2. The van der Waals surface area contributed by atoms with Gasteiger partial charge in [0, 0.05) is 33.2 Å². The summed E-state index contributed by atoms with van der Waals surface area (Å²) in [7, 11) is -4.13. The van der Waals surface area contributed by atoms with Crippen LogP contribution in [0.1, 0.15) is 32.3 Å². The van der Waals surface area contributed by atoms with Crippen molar-refractivity contribution < 1.29 is 18.0 Å². The fourth-order valence-electron chi connectivity index (χ4n) is 3.83. The van der Waals surface area contributed by atoms with Crippen molar-refractivity contribution in [3.63, 3.8) is 0 Å². The quantitative estimate of drug-likeness (QED) is 0.233. The summed E-state index contributed by atoms with van der Waals surface area (Å²) in [5, 5.41) is 3.51. The van der Waals surface area contributed by atoms with Crippen molar-refractivity contribution in [1.82, 2.24) is 10.2 Å². The number of unbranched alkanes of at least 4 members (excludes halogenated alkanes) is 1. The Kier molecular flexibility index (Phi) is 11.2. The van der Waals surface area contributed by atoms with Crippen LogP contribution in [0.15, 0.2) is 82.2 Å². The monoisotopic (exact) mass is 653 g/mol. The summed E-state index contributed by atoms with van der Waals surface area (Å²) in [5.41, 5.74) is 0.759. The van der Waals surface area contributed by atoms with Gasteiger partial charge in [-0.2, -0.15) is 0 Å². The van der Waals surface area contributed by atoms with E-state index in [1.807, 2.05) is 6.92 Å². The van der Waals surface area contributed by atoms with E-state index in [9.17, 15) is 18.0 Å². The van der Waals surface area contributed by atoms with Crippen LogP contribution < -0.4 is 9.62 Å². The van der Waals surface area contributed by atoms with E-state index in [1.165, 1.54) is 17.0 Å². The average Bonchev–Trinajstić information content (AvgIpc) is 2.92. The number of benzene rings is 3. The molecule has 0 aliphatic rings. The van der Waals surface area contributed by atoms with E-state index in [1.54, 1.807) is 67.6 Å². The fraction of sp³-hybridized carbons (Fsp3) is 0.286. The predicted octanol–water partition coefficient (Wildman–Crippen LogP) is 6.28. The molecular weight excluding hydrogens is 625 g/mol. The highest BCUT2D eigenvalue weighted by atomic mass is 79.9. The van der Waals surface area contributed by atoms with Crippen LogP contribution >= 0.6 is 39.1 Å². The topological polar surface area (TPSA) is 86.8 Å². The van der Waals surface area contributed by atoms with Crippen LogP contribution in [0.5, 0.6) is 0 Å². The van der Waals surface area contributed by atoms with Gasteiger partial charge in [-0.25, -0.2) is 8.42 Å². The summed E-state index contributed by atoms with van der Waals surface area (Å²) in [6, 6.07) is 18.5. The summed E-state index contributed by atoms with van der Waals surface area (Å²) in [5.74, 6) is -0.951. The molecule has 0 saturated heterocycles. The zero-order chi connectivity index (χ0) is 28.6. The molecule has 0 aromatic heterocycles. The Morgan fingerprint density at radius 2 is 1.56 bits per heavy atom. The SMILES string of the molecule is CCCCNC(=O)C(C)N(Cc1c(Cl)cccc1Cl)C(=O)CN(c1ccc(Br)cc1)S(=O)(=O)c1ccccc1. The summed E-state index contributed by atoms with van der Waals surface area (Å²) in [6.45, 7) is 3.43. The third kappa shape index (κ3) is 7.97. The zero-order valence-corrected chi connectivity index (χ0v) is 25.5. The van der Waals surface area contributed by atoms with Crippen molar-refractivity contribution in [2.75, 3.05) is 17.4 Å². The number of hydrogen-bond acceptors (Lipinski definition) is 4. The maximum absolute atomic E-state index is 13.9. The molecule has 3 aromatic rings. The van der Waals surface area contributed by atoms with Gasteiger partial charge in [0.05, 0.1) is 10.6 Å². The van der Waals surface area contributed by atoms with E-state index in [0.717, 1.165) is 21.6 Å². The van der Waals surface area contributed by atoms with Crippen LogP contribution in [-0.2, 0) is 26.2 Å². The van der Waals surface area contributed by atoms with Gasteiger partial charge >= 0.3 is 0 Å². The van der Waals surface area contributed by atoms with Crippen LogP contribution in [0.25, 0.3) is 0 Å². The molecule has 1 N–H and O–H groups in total. The van der Waals surface area contributed by atoms with Crippen LogP contribution in [0, 0.1) is 0 Å². The Bertz CT molecular complexity index is 1370. The molecule has 3 aromatic carbocycles. The van der Waals surface area contributed by atoms with E-state index in [0.29, 0.717) is 27.8 Å². The number of nitrogens with zero attached hydrogens (tertiary/aromatic N) is 2. The van der Waals surface area contributed by atoms with Gasteiger partial charge in [0.1, 0.15) is 12.6 Å². The third-order valence-corrected chi connectivity index (χ3v) is 9.14. The molecular formula is C28H30BrCl2N3O4S. The molecule has 208 valence electrons. The highest BCUT2D eigenvalue weighted by Crippen LogP contribution is 2.29. The van der Waals surface area contributed by atoms with E-state index >= 15 is 0 Å². The lowest BCUT2D eigenvalue weighted by Crippen LogP contribution is -2.51. The zero-order valence-electron chi connectivity index (χ0n) is 21.6. The van der Waals surface area contributed by atoms with Gasteiger partial charge in [-0.3, -0.25) is 13.9 Å². The minimum Gasteiger partial charge on any atom is -0.354 e. The number of hydrogen-bond donors (Lipinski definition) is 1. The molecule has 11 heteroatoms. The van der Waals surface area contributed by atoms with Crippen molar-refractivity contribution in [3.8, 4) is 0 Å². The number of sulfonamides is 1. The fourth-order valence-corrected chi connectivity index (χ4v) is 6.04. The molecule has 0 spiro atoms. The second-order valence-corrected chi connectivity index (χ2v) is 12.4. The number of halogens is 3. The number of anilines is 1. The minimum atomic E-state index is -4.13. The summed E-state index contributed by atoms with van der Waals surface area (Å²) < 4.78 is 29.3. The first kappa shape index (κ1) is 30.9. The Hall–Kier alpha value is -2.59. The van der Waals surface area contributed by atoms with E-state index in [4.69, 9.17) is 23.2 Å². The standard InChI is InChI=1S/C28H30BrCl2N3O4S/c1-3-4-17-32-28(36)20(2)33(18-24-25(30)11-8-12-26(24)31)27(35)19-34(22-15-13-21(29)14-16-22)39(37,38)23-9-6-5-7-10-23/h5-16,20H,3-4,17-19H2,1-2H3,(H,32,36). The average molecular weight is 655 g/mol. The summed E-state index contributed by atoms with van der Waals surface area (Å²) >= 11 is 16.2. The van der Waals surface area contributed by atoms with Gasteiger partial charge < -0.3 is 10.2 Å². The predicted molar refractivity (Wildman–Crippen MR) is 160 cm³/mol. The molecule has 1 unspecified atom stereocenters. The smallest absolute Gasteiger partial charge is 0.264 e. The van der Waals surface area contributed by atoms with Gasteiger partial charge in [0.2, 0.25) is 11.8 Å². The van der Waals surface area contributed by atoms with Crippen LogP contribution in [0.3, 0.4) is 0 Å². The molecule has 0 aliphatic heterocycles. The Balaban J connectivity index is 2.02. The van der Waals surface area contributed by atoms with Gasteiger partial charge in [0.25, 0.3) is 10.0 Å². The van der Waals surface area contributed by atoms with E-state index in [-0.39, 0.29) is 17.3 Å². The van der Waals surface area contributed by atoms with E-state index < -0.39 is 28.5 Å². The summed E-state index contributed by atoms with van der Waals surface area (Å²) in [4.78, 5) is 28.3. The molecule has 0 radical (unpaired) electrons. The van der Waals surface area contributed by atoms with Crippen molar-refractivity contribution in [2.45, 2.75) is 44.2 Å².